The summed E-state index contributed by atoms with van der Waals surface area (Å²) in [6.07, 6.45) is 2.80. The highest BCUT2D eigenvalue weighted by molar-refractivity contribution is 5.92. The van der Waals surface area contributed by atoms with E-state index >= 15 is 4.39 Å². The molecule has 2 aromatic heterocycles. The van der Waals surface area contributed by atoms with Gasteiger partial charge in [-0.1, -0.05) is 0 Å². The summed E-state index contributed by atoms with van der Waals surface area (Å²) < 4.78 is 22.0. The van der Waals surface area contributed by atoms with Crippen LogP contribution in [0, 0.1) is 11.7 Å². The van der Waals surface area contributed by atoms with Crippen molar-refractivity contribution >= 4 is 23.1 Å². The Hall–Kier alpha value is -3.29. The summed E-state index contributed by atoms with van der Waals surface area (Å²) in [5, 5.41) is 4.62. The van der Waals surface area contributed by atoms with Crippen LogP contribution in [0.15, 0.2) is 30.3 Å². The lowest BCUT2D eigenvalue weighted by Gasteiger charge is -2.19. The van der Waals surface area contributed by atoms with Gasteiger partial charge in [0.1, 0.15) is 11.5 Å². The number of fused-ring (bicyclic) bond motifs is 1. The molecular weight excluding hydrogens is 411 g/mol. The average molecular weight is 436 g/mol. The van der Waals surface area contributed by atoms with E-state index in [4.69, 9.17) is 4.74 Å². The van der Waals surface area contributed by atoms with Crippen molar-refractivity contribution in [2.75, 3.05) is 24.6 Å². The summed E-state index contributed by atoms with van der Waals surface area (Å²) in [6.45, 7) is 4.86. The van der Waals surface area contributed by atoms with E-state index < -0.39 is 0 Å². The molecule has 1 aliphatic carbocycles. The molecule has 0 unspecified atom stereocenters. The number of hydrogen-bond acceptors (Lipinski definition) is 6. The minimum Gasteiger partial charge on any atom is -0.466 e. The second kappa shape index (κ2) is 8.00. The first-order valence-corrected chi connectivity index (χ1v) is 11.1. The topological polar surface area (TPSA) is 76.8 Å². The Kier molecular flexibility index (Phi) is 5.15. The molecule has 0 spiro atoms. The second-order valence-corrected chi connectivity index (χ2v) is 8.54. The third-order valence-corrected chi connectivity index (χ3v) is 6.21. The number of carbonyl (C=O) groups excluding carboxylic acids is 2. The maximum absolute atomic E-state index is 15.1. The fourth-order valence-electron chi connectivity index (χ4n) is 4.34. The lowest BCUT2D eigenvalue weighted by molar-refractivity contribution is -0.147. The molecule has 5 rings (SSSR count). The molecule has 3 heterocycles. The molecule has 0 amide bonds. The predicted molar refractivity (Wildman–Crippen MR) is 117 cm³/mol. The zero-order valence-corrected chi connectivity index (χ0v) is 18.2. The number of nitrogens with zero attached hydrogens (tertiary/aromatic N) is 4. The van der Waals surface area contributed by atoms with Gasteiger partial charge in [0.05, 0.1) is 18.2 Å². The number of Topliss-reactive ketones (excluding diaryl/α,β-unsaturated/α-hetero) is 1. The van der Waals surface area contributed by atoms with Crippen LogP contribution in [0.25, 0.3) is 16.9 Å². The van der Waals surface area contributed by atoms with Crippen LogP contribution in [0.4, 0.5) is 10.1 Å². The minimum atomic E-state index is -0.384. The summed E-state index contributed by atoms with van der Waals surface area (Å²) in [7, 11) is 0. The van der Waals surface area contributed by atoms with Gasteiger partial charge in [-0.05, 0) is 50.5 Å². The van der Waals surface area contributed by atoms with Gasteiger partial charge < -0.3 is 9.64 Å². The SMILES string of the molecule is CCOC(=O)[C@H]1CCN(c2ccc(-c3cc4nc(C(C)=O)cc(C5CC5)n4n3)c(F)c2)C1. The van der Waals surface area contributed by atoms with E-state index in [9.17, 15) is 9.59 Å². The van der Waals surface area contributed by atoms with E-state index in [-0.39, 0.29) is 23.5 Å². The van der Waals surface area contributed by atoms with E-state index in [1.165, 1.54) is 13.0 Å². The fourth-order valence-corrected chi connectivity index (χ4v) is 4.34. The third-order valence-electron chi connectivity index (χ3n) is 6.21. The zero-order chi connectivity index (χ0) is 22.4. The van der Waals surface area contributed by atoms with Crippen LogP contribution in [-0.2, 0) is 9.53 Å². The van der Waals surface area contributed by atoms with Crippen LogP contribution in [0.1, 0.15) is 55.2 Å². The number of esters is 1. The highest BCUT2D eigenvalue weighted by Crippen LogP contribution is 2.40. The van der Waals surface area contributed by atoms with Crippen molar-refractivity contribution in [1.29, 1.82) is 0 Å². The smallest absolute Gasteiger partial charge is 0.310 e. The number of ether oxygens (including phenoxy) is 1. The number of benzene rings is 1. The van der Waals surface area contributed by atoms with E-state index in [0.717, 1.165) is 24.2 Å². The van der Waals surface area contributed by atoms with Crippen molar-refractivity contribution in [2.24, 2.45) is 5.92 Å². The Labute approximate surface area is 185 Å². The van der Waals surface area contributed by atoms with Crippen molar-refractivity contribution in [3.8, 4) is 11.3 Å². The molecule has 0 N–H and O–H groups in total. The largest absolute Gasteiger partial charge is 0.466 e. The van der Waals surface area contributed by atoms with Crippen molar-refractivity contribution in [1.82, 2.24) is 14.6 Å². The molecule has 0 bridgehead atoms. The molecule has 32 heavy (non-hydrogen) atoms. The molecule has 2 aliphatic rings. The van der Waals surface area contributed by atoms with Crippen molar-refractivity contribution in [3.63, 3.8) is 0 Å². The van der Waals surface area contributed by atoms with E-state index in [1.807, 2.05) is 11.0 Å². The molecule has 7 nitrogen and oxygen atoms in total. The second-order valence-electron chi connectivity index (χ2n) is 8.54. The van der Waals surface area contributed by atoms with Gasteiger partial charge >= 0.3 is 5.97 Å². The summed E-state index contributed by atoms with van der Waals surface area (Å²) in [5.74, 6) is -0.495. The first kappa shape index (κ1) is 20.6. The Morgan fingerprint density at radius 2 is 2.00 bits per heavy atom. The predicted octanol–water partition coefficient (Wildman–Crippen LogP) is 4.00. The maximum Gasteiger partial charge on any atom is 0.310 e. The summed E-state index contributed by atoms with van der Waals surface area (Å²) in [4.78, 5) is 30.3. The lowest BCUT2D eigenvalue weighted by atomic mass is 10.1. The van der Waals surface area contributed by atoms with Gasteiger partial charge in [-0.2, -0.15) is 5.10 Å². The molecule has 166 valence electrons. The molecule has 8 heteroatoms. The summed E-state index contributed by atoms with van der Waals surface area (Å²) in [5.41, 5.74) is 3.51. The van der Waals surface area contributed by atoms with Gasteiger partial charge in [-0.25, -0.2) is 13.9 Å². The molecule has 1 saturated heterocycles. The molecule has 1 atom stereocenters. The first-order valence-electron chi connectivity index (χ1n) is 11.1. The van der Waals surface area contributed by atoms with E-state index in [2.05, 4.69) is 10.1 Å². The van der Waals surface area contributed by atoms with Crippen molar-refractivity contribution in [2.45, 2.75) is 39.0 Å². The van der Waals surface area contributed by atoms with E-state index in [1.54, 1.807) is 29.6 Å². The molecule has 1 saturated carbocycles. The average Bonchev–Trinajstić information content (AvgIpc) is 3.32. The van der Waals surface area contributed by atoms with Crippen LogP contribution < -0.4 is 4.90 Å². The van der Waals surface area contributed by atoms with Gasteiger partial charge in [-0.3, -0.25) is 9.59 Å². The summed E-state index contributed by atoms with van der Waals surface area (Å²) in [6, 6.07) is 8.59. The van der Waals surface area contributed by atoms with Gasteiger partial charge in [0.15, 0.2) is 11.4 Å². The quantitative estimate of drug-likeness (QED) is 0.429. The highest BCUT2D eigenvalue weighted by Gasteiger charge is 2.30. The van der Waals surface area contributed by atoms with Crippen LogP contribution in [-0.4, -0.2) is 46.0 Å². The first-order chi connectivity index (χ1) is 15.4. The number of aromatic nitrogens is 3. The molecular formula is C24H25FN4O3. The summed E-state index contributed by atoms with van der Waals surface area (Å²) >= 11 is 0. The number of rotatable bonds is 6. The molecule has 1 aliphatic heterocycles. The van der Waals surface area contributed by atoms with Crippen LogP contribution in [0.5, 0.6) is 0 Å². The molecule has 3 aromatic rings. The van der Waals surface area contributed by atoms with Gasteiger partial charge in [0.25, 0.3) is 0 Å². The maximum atomic E-state index is 15.1. The Morgan fingerprint density at radius 1 is 1.19 bits per heavy atom. The number of halogens is 1. The number of hydrogen-bond donors (Lipinski definition) is 0. The molecule has 2 fully saturated rings. The standard InChI is InChI=1S/C24H25FN4O3/c1-3-32-24(31)16-8-9-28(13-16)17-6-7-18(19(25)10-17)21-12-23-26-20(14(2)30)11-22(15-4-5-15)29(23)27-21/h6-7,10-12,15-16H,3-5,8-9,13H2,1-2H3/t16-/m0/s1. The number of carbonyl (C=O) groups is 2. The van der Waals surface area contributed by atoms with Crippen LogP contribution in [0.3, 0.4) is 0 Å². The van der Waals surface area contributed by atoms with Crippen molar-refractivity contribution < 1.29 is 18.7 Å². The Morgan fingerprint density at radius 3 is 2.69 bits per heavy atom. The third kappa shape index (κ3) is 3.74. The van der Waals surface area contributed by atoms with Crippen LogP contribution >= 0.6 is 0 Å². The number of ketones is 1. The minimum absolute atomic E-state index is 0.0978. The Bertz CT molecular complexity index is 1220. The van der Waals surface area contributed by atoms with Crippen molar-refractivity contribution in [3.05, 3.63) is 47.5 Å². The van der Waals surface area contributed by atoms with Gasteiger partial charge in [0.2, 0.25) is 0 Å². The zero-order valence-electron chi connectivity index (χ0n) is 18.2. The van der Waals surface area contributed by atoms with Crippen LogP contribution in [0.2, 0.25) is 0 Å². The molecule has 0 radical (unpaired) electrons. The van der Waals surface area contributed by atoms with Gasteiger partial charge in [-0.15, -0.1) is 0 Å². The number of anilines is 1. The lowest BCUT2D eigenvalue weighted by Crippen LogP contribution is -2.24. The van der Waals surface area contributed by atoms with Gasteiger partial charge in [0, 0.05) is 48.9 Å². The normalized spacial score (nSPS) is 18.3. The Balaban J connectivity index is 1.44. The monoisotopic (exact) mass is 436 g/mol. The highest BCUT2D eigenvalue weighted by atomic mass is 19.1. The molecule has 1 aromatic carbocycles. The van der Waals surface area contributed by atoms with E-state index in [0.29, 0.717) is 54.6 Å². The fraction of sp³-hybridized carbons (Fsp3) is 0.417.